The fourth-order valence-electron chi connectivity index (χ4n) is 4.06. The van der Waals surface area contributed by atoms with E-state index >= 15 is 0 Å². The molecule has 4 rings (SSSR count). The Labute approximate surface area is 177 Å². The Morgan fingerprint density at radius 1 is 1.27 bits per heavy atom. The number of nitrogens with one attached hydrogen (secondary N) is 1. The zero-order chi connectivity index (χ0) is 21.3. The predicted octanol–water partition coefficient (Wildman–Crippen LogP) is 2.40. The van der Waals surface area contributed by atoms with Crippen molar-refractivity contribution in [2.45, 2.75) is 57.5 Å². The molecule has 7 nitrogen and oxygen atoms in total. The van der Waals surface area contributed by atoms with Crippen LogP contribution in [0.2, 0.25) is 0 Å². The molecule has 1 aliphatic heterocycles. The lowest BCUT2D eigenvalue weighted by molar-refractivity contribution is -0.134. The van der Waals surface area contributed by atoms with E-state index in [0.29, 0.717) is 37.5 Å². The number of rotatable bonds is 6. The quantitative estimate of drug-likeness (QED) is 0.761. The first-order valence-electron chi connectivity index (χ1n) is 10.8. The highest BCUT2D eigenvalue weighted by Crippen LogP contribution is 2.40. The minimum atomic E-state index is -0.554. The van der Waals surface area contributed by atoms with E-state index < -0.39 is 6.04 Å². The van der Waals surface area contributed by atoms with Crippen LogP contribution in [-0.4, -0.2) is 47.0 Å². The van der Waals surface area contributed by atoms with Gasteiger partial charge in [0.25, 0.3) is 5.91 Å². The van der Waals surface area contributed by atoms with Crippen molar-refractivity contribution in [2.75, 3.05) is 13.1 Å². The Kier molecular flexibility index (Phi) is 5.90. The molecule has 2 aromatic rings. The summed E-state index contributed by atoms with van der Waals surface area (Å²) in [5.74, 6) is 1.12. The van der Waals surface area contributed by atoms with E-state index in [1.54, 1.807) is 6.07 Å². The molecule has 1 aliphatic carbocycles. The normalized spacial score (nSPS) is 22.6. The number of benzene rings is 1. The minimum absolute atomic E-state index is 0.00375. The van der Waals surface area contributed by atoms with E-state index in [4.69, 9.17) is 10.3 Å². The maximum absolute atomic E-state index is 12.8. The molecule has 30 heavy (non-hydrogen) atoms. The lowest BCUT2D eigenvalue weighted by atomic mass is 9.92. The van der Waals surface area contributed by atoms with Crippen LogP contribution in [0.15, 0.2) is 34.9 Å². The largest absolute Gasteiger partial charge is 0.360 e. The smallest absolute Gasteiger partial charge is 0.273 e. The lowest BCUT2D eigenvalue weighted by Crippen LogP contribution is -2.55. The molecule has 1 aromatic carbocycles. The third-order valence-electron chi connectivity index (χ3n) is 6.17. The van der Waals surface area contributed by atoms with Crippen molar-refractivity contribution in [3.05, 3.63) is 52.9 Å². The van der Waals surface area contributed by atoms with Crippen LogP contribution in [0.25, 0.3) is 0 Å². The van der Waals surface area contributed by atoms with Gasteiger partial charge in [0.2, 0.25) is 5.91 Å². The van der Waals surface area contributed by atoms with E-state index in [1.807, 2.05) is 43.0 Å². The molecule has 0 radical (unpaired) electrons. The summed E-state index contributed by atoms with van der Waals surface area (Å²) in [6.07, 6.45) is 3.43. The molecule has 2 fully saturated rings. The van der Waals surface area contributed by atoms with Crippen LogP contribution in [0.5, 0.6) is 0 Å². The molecule has 1 saturated carbocycles. The van der Waals surface area contributed by atoms with E-state index in [9.17, 15) is 9.59 Å². The van der Waals surface area contributed by atoms with Crippen LogP contribution >= 0.6 is 0 Å². The van der Waals surface area contributed by atoms with Gasteiger partial charge < -0.3 is 20.5 Å². The molecule has 2 aliphatic rings. The molecular weight excluding hydrogens is 380 g/mol. The van der Waals surface area contributed by atoms with Crippen molar-refractivity contribution in [3.8, 4) is 0 Å². The van der Waals surface area contributed by atoms with Crippen LogP contribution in [-0.2, 0) is 11.2 Å². The van der Waals surface area contributed by atoms with Gasteiger partial charge in [-0.15, -0.1) is 0 Å². The second-order valence-electron chi connectivity index (χ2n) is 8.82. The van der Waals surface area contributed by atoms with Crippen molar-refractivity contribution >= 4 is 11.8 Å². The maximum atomic E-state index is 12.8. The fraction of sp³-hybridized carbons (Fsp3) is 0.522. The summed E-state index contributed by atoms with van der Waals surface area (Å²) in [6.45, 7) is 5.25. The van der Waals surface area contributed by atoms with Gasteiger partial charge in [-0.1, -0.05) is 41.9 Å². The first-order valence-corrected chi connectivity index (χ1v) is 10.8. The van der Waals surface area contributed by atoms with E-state index in [0.717, 1.165) is 24.2 Å². The molecule has 0 bridgehead atoms. The number of piperidine rings is 1. The first-order chi connectivity index (χ1) is 14.4. The predicted molar refractivity (Wildman–Crippen MR) is 113 cm³/mol. The molecule has 1 aromatic heterocycles. The summed E-state index contributed by atoms with van der Waals surface area (Å²) >= 11 is 0. The molecule has 1 saturated heterocycles. The fourth-order valence-corrected chi connectivity index (χ4v) is 4.06. The third-order valence-corrected chi connectivity index (χ3v) is 6.17. The molecule has 2 amide bonds. The van der Waals surface area contributed by atoms with Crippen molar-refractivity contribution in [3.63, 3.8) is 0 Å². The highest BCUT2D eigenvalue weighted by molar-refractivity contribution is 5.92. The van der Waals surface area contributed by atoms with Crippen LogP contribution in [0.4, 0.5) is 0 Å². The van der Waals surface area contributed by atoms with Crippen LogP contribution in [0, 0.1) is 12.8 Å². The molecule has 3 atom stereocenters. The van der Waals surface area contributed by atoms with Gasteiger partial charge in [-0.3, -0.25) is 9.59 Å². The highest BCUT2D eigenvalue weighted by Gasteiger charge is 2.33. The van der Waals surface area contributed by atoms with Crippen LogP contribution in [0.1, 0.15) is 59.5 Å². The summed E-state index contributed by atoms with van der Waals surface area (Å²) in [5.41, 5.74) is 8.79. The zero-order valence-electron chi connectivity index (χ0n) is 17.6. The van der Waals surface area contributed by atoms with Gasteiger partial charge in [0.15, 0.2) is 5.69 Å². The molecule has 3 N–H and O–H groups in total. The SMILES string of the molecule is Cc1ccc(C[C@H](N)C(=O)N2CCC(NC(=O)c3cc(C4CC4)on3)[C@H](C)C2)cc1. The second-order valence-corrected chi connectivity index (χ2v) is 8.82. The molecule has 0 spiro atoms. The van der Waals surface area contributed by atoms with Crippen molar-refractivity contribution in [2.24, 2.45) is 11.7 Å². The summed E-state index contributed by atoms with van der Waals surface area (Å²) in [6, 6.07) is 9.30. The van der Waals surface area contributed by atoms with Gasteiger partial charge in [-0.2, -0.15) is 0 Å². The van der Waals surface area contributed by atoms with Crippen molar-refractivity contribution in [1.29, 1.82) is 0 Å². The van der Waals surface area contributed by atoms with Gasteiger partial charge in [0.05, 0.1) is 6.04 Å². The number of nitrogens with two attached hydrogens (primary N) is 1. The minimum Gasteiger partial charge on any atom is -0.360 e. The Morgan fingerprint density at radius 2 is 2.00 bits per heavy atom. The third kappa shape index (κ3) is 4.73. The second kappa shape index (κ2) is 8.60. The highest BCUT2D eigenvalue weighted by atomic mass is 16.5. The summed E-state index contributed by atoms with van der Waals surface area (Å²) in [7, 11) is 0. The van der Waals surface area contributed by atoms with Gasteiger partial charge in [0.1, 0.15) is 5.76 Å². The number of nitrogens with zero attached hydrogens (tertiary/aromatic N) is 2. The molecule has 2 heterocycles. The van der Waals surface area contributed by atoms with Gasteiger partial charge in [0, 0.05) is 31.1 Å². The number of hydrogen-bond acceptors (Lipinski definition) is 5. The molecule has 160 valence electrons. The Morgan fingerprint density at radius 3 is 2.67 bits per heavy atom. The topological polar surface area (TPSA) is 101 Å². The standard InChI is InChI=1S/C23H30N4O3/c1-14-3-5-16(6-4-14)11-18(24)23(29)27-10-9-19(15(2)13-27)25-22(28)20-12-21(30-26-20)17-7-8-17/h3-6,12,15,17-19H,7-11,13,24H2,1-2H3,(H,25,28)/t15-,18+,19?/m1/s1. The van der Waals surface area contributed by atoms with E-state index in [-0.39, 0.29) is 23.8 Å². The number of carbonyl (C=O) groups excluding carboxylic acids is 2. The van der Waals surface area contributed by atoms with Gasteiger partial charge >= 0.3 is 0 Å². The average molecular weight is 411 g/mol. The van der Waals surface area contributed by atoms with Gasteiger partial charge in [-0.25, -0.2) is 0 Å². The maximum Gasteiger partial charge on any atom is 0.273 e. The lowest BCUT2D eigenvalue weighted by Gasteiger charge is -2.38. The van der Waals surface area contributed by atoms with E-state index in [1.165, 1.54) is 5.56 Å². The first kappa shape index (κ1) is 20.6. The molecular formula is C23H30N4O3. The number of amides is 2. The number of likely N-dealkylation sites (tertiary alicyclic amines) is 1. The monoisotopic (exact) mass is 410 g/mol. The number of aryl methyl sites for hydroxylation is 1. The van der Waals surface area contributed by atoms with Crippen LogP contribution in [0.3, 0.4) is 0 Å². The van der Waals surface area contributed by atoms with Crippen LogP contribution < -0.4 is 11.1 Å². The van der Waals surface area contributed by atoms with E-state index in [2.05, 4.69) is 10.5 Å². The number of aromatic nitrogens is 1. The molecule has 7 heteroatoms. The van der Waals surface area contributed by atoms with Gasteiger partial charge in [-0.05, 0) is 44.1 Å². The van der Waals surface area contributed by atoms with Crippen molar-refractivity contribution < 1.29 is 14.1 Å². The zero-order valence-corrected chi connectivity index (χ0v) is 17.6. The summed E-state index contributed by atoms with van der Waals surface area (Å²) < 4.78 is 5.28. The summed E-state index contributed by atoms with van der Waals surface area (Å²) in [5, 5.41) is 6.97. The Balaban J connectivity index is 1.28. The van der Waals surface area contributed by atoms with Crippen molar-refractivity contribution in [1.82, 2.24) is 15.4 Å². The summed E-state index contributed by atoms with van der Waals surface area (Å²) in [4.78, 5) is 27.2. The Bertz CT molecular complexity index is 903. The molecule has 1 unspecified atom stereocenters. The number of carbonyl (C=O) groups is 2. The number of hydrogen-bond donors (Lipinski definition) is 2. The Hall–Kier alpha value is -2.67. The average Bonchev–Trinajstić information content (AvgIpc) is 3.47.